The summed E-state index contributed by atoms with van der Waals surface area (Å²) in [5, 5.41) is 5.05. The van der Waals surface area contributed by atoms with Crippen LogP contribution < -0.4 is 11.1 Å². The monoisotopic (exact) mass is 344 g/mol. The Morgan fingerprint density at radius 1 is 1.50 bits per heavy atom. The van der Waals surface area contributed by atoms with Crippen LogP contribution in [0.2, 0.25) is 0 Å². The van der Waals surface area contributed by atoms with Gasteiger partial charge in [0.2, 0.25) is 5.91 Å². The smallest absolute Gasteiger partial charge is 0.354 e. The number of thiazole rings is 1. The molecule has 0 saturated carbocycles. The second-order valence-corrected chi connectivity index (χ2v) is 5.13. The van der Waals surface area contributed by atoms with E-state index in [9.17, 15) is 9.59 Å². The number of rotatable bonds is 6. The number of aromatic amines is 1. The molecule has 22 heavy (non-hydrogen) atoms. The van der Waals surface area contributed by atoms with E-state index < -0.39 is 5.97 Å². The SMILES string of the molecule is COC(=O)c1cc(-c2csc(NC(=O)CCCN)n2)c[nH]1.Cl. The molecule has 7 nitrogen and oxygen atoms in total. The van der Waals surface area contributed by atoms with Crippen LogP contribution in [0.25, 0.3) is 11.3 Å². The lowest BCUT2D eigenvalue weighted by Gasteiger charge is -1.99. The van der Waals surface area contributed by atoms with Crippen molar-refractivity contribution in [2.75, 3.05) is 19.0 Å². The molecule has 0 unspecified atom stereocenters. The summed E-state index contributed by atoms with van der Waals surface area (Å²) in [4.78, 5) is 30.1. The van der Waals surface area contributed by atoms with Crippen LogP contribution in [0.15, 0.2) is 17.6 Å². The largest absolute Gasteiger partial charge is 0.464 e. The lowest BCUT2D eigenvalue weighted by molar-refractivity contribution is -0.116. The van der Waals surface area contributed by atoms with Gasteiger partial charge in [-0.25, -0.2) is 9.78 Å². The standard InChI is InChI=1S/C13H16N4O3S.ClH/c1-20-12(19)9-5-8(6-15-9)10-7-21-13(16-10)17-11(18)3-2-4-14;/h5-7,15H,2-4,14H2,1H3,(H,16,17,18);1H. The summed E-state index contributed by atoms with van der Waals surface area (Å²) in [6.07, 6.45) is 2.69. The van der Waals surface area contributed by atoms with Gasteiger partial charge >= 0.3 is 5.97 Å². The zero-order chi connectivity index (χ0) is 15.2. The van der Waals surface area contributed by atoms with Crippen molar-refractivity contribution in [3.05, 3.63) is 23.3 Å². The van der Waals surface area contributed by atoms with Gasteiger partial charge in [-0.2, -0.15) is 0 Å². The third kappa shape index (κ3) is 4.55. The third-order valence-electron chi connectivity index (χ3n) is 2.74. The van der Waals surface area contributed by atoms with Crippen molar-refractivity contribution in [3.8, 4) is 11.3 Å². The number of esters is 1. The highest BCUT2D eigenvalue weighted by atomic mass is 35.5. The minimum Gasteiger partial charge on any atom is -0.464 e. The number of carbonyl (C=O) groups excluding carboxylic acids is 2. The summed E-state index contributed by atoms with van der Waals surface area (Å²) in [6, 6.07) is 1.65. The summed E-state index contributed by atoms with van der Waals surface area (Å²) in [5.41, 5.74) is 7.15. The molecule has 2 aromatic rings. The maximum atomic E-state index is 11.6. The van der Waals surface area contributed by atoms with Crippen molar-refractivity contribution >= 4 is 40.8 Å². The topological polar surface area (TPSA) is 110 Å². The Kier molecular flexibility index (Phi) is 7.03. The highest BCUT2D eigenvalue weighted by Gasteiger charge is 2.12. The van der Waals surface area contributed by atoms with E-state index in [1.54, 1.807) is 12.3 Å². The van der Waals surface area contributed by atoms with Crippen molar-refractivity contribution in [1.29, 1.82) is 0 Å². The third-order valence-corrected chi connectivity index (χ3v) is 3.50. The Hall–Kier alpha value is -1.90. The van der Waals surface area contributed by atoms with Crippen LogP contribution in [0.4, 0.5) is 5.13 Å². The molecule has 9 heteroatoms. The minimum atomic E-state index is -0.438. The molecule has 0 aromatic carbocycles. The average Bonchev–Trinajstić information content (AvgIpc) is 3.13. The first kappa shape index (κ1) is 18.1. The van der Waals surface area contributed by atoms with Crippen LogP contribution in [0, 0.1) is 0 Å². The number of hydrogen-bond acceptors (Lipinski definition) is 6. The quantitative estimate of drug-likeness (QED) is 0.694. The molecular formula is C13H17ClN4O3S. The van der Waals surface area contributed by atoms with Gasteiger partial charge in [0.1, 0.15) is 5.69 Å². The second-order valence-electron chi connectivity index (χ2n) is 4.27. The van der Waals surface area contributed by atoms with Crippen LogP contribution in [0.1, 0.15) is 23.3 Å². The molecule has 120 valence electrons. The number of aromatic nitrogens is 2. The molecule has 2 rings (SSSR count). The first-order valence-corrected chi connectivity index (χ1v) is 7.24. The highest BCUT2D eigenvalue weighted by Crippen LogP contribution is 2.25. The number of halogens is 1. The summed E-state index contributed by atoms with van der Waals surface area (Å²) in [7, 11) is 1.32. The van der Waals surface area contributed by atoms with Crippen LogP contribution >= 0.6 is 23.7 Å². The average molecular weight is 345 g/mol. The molecular weight excluding hydrogens is 328 g/mol. The molecule has 0 radical (unpaired) electrons. The molecule has 0 fully saturated rings. The van der Waals surface area contributed by atoms with Gasteiger partial charge in [0.15, 0.2) is 5.13 Å². The Bertz CT molecular complexity index is 641. The number of H-pyrrole nitrogens is 1. The molecule has 4 N–H and O–H groups in total. The molecule has 0 atom stereocenters. The number of methoxy groups -OCH3 is 1. The van der Waals surface area contributed by atoms with Crippen LogP contribution in [0.5, 0.6) is 0 Å². The van der Waals surface area contributed by atoms with Gasteiger partial charge < -0.3 is 20.8 Å². The number of nitrogens with two attached hydrogens (primary N) is 1. The van der Waals surface area contributed by atoms with Gasteiger partial charge in [0.25, 0.3) is 0 Å². The number of nitrogens with one attached hydrogen (secondary N) is 2. The number of nitrogens with zero attached hydrogens (tertiary/aromatic N) is 1. The van der Waals surface area contributed by atoms with Crippen LogP contribution in [-0.4, -0.2) is 35.5 Å². The Labute approximate surface area is 137 Å². The molecule has 1 amide bonds. The molecule has 0 aliphatic rings. The fourth-order valence-corrected chi connectivity index (χ4v) is 2.41. The summed E-state index contributed by atoms with van der Waals surface area (Å²) < 4.78 is 4.63. The maximum Gasteiger partial charge on any atom is 0.354 e. The van der Waals surface area contributed by atoms with Gasteiger partial charge in [0.05, 0.1) is 12.8 Å². The fourth-order valence-electron chi connectivity index (χ4n) is 1.68. The molecule has 0 aliphatic heterocycles. The zero-order valence-electron chi connectivity index (χ0n) is 11.9. The second kappa shape index (κ2) is 8.52. The maximum absolute atomic E-state index is 11.6. The van der Waals surface area contributed by atoms with Gasteiger partial charge in [-0.15, -0.1) is 23.7 Å². The van der Waals surface area contributed by atoms with E-state index in [2.05, 4.69) is 20.0 Å². The first-order valence-electron chi connectivity index (χ1n) is 6.36. The summed E-state index contributed by atoms with van der Waals surface area (Å²) in [5.74, 6) is -0.544. The summed E-state index contributed by atoms with van der Waals surface area (Å²) in [6.45, 7) is 0.482. The van der Waals surface area contributed by atoms with Gasteiger partial charge in [-0.1, -0.05) is 0 Å². The highest BCUT2D eigenvalue weighted by molar-refractivity contribution is 7.14. The Balaban J connectivity index is 0.00000242. The van der Waals surface area contributed by atoms with Crippen molar-refractivity contribution in [2.24, 2.45) is 5.73 Å². The minimum absolute atomic E-state index is 0. The first-order chi connectivity index (χ1) is 10.1. The van der Waals surface area contributed by atoms with E-state index in [0.717, 1.165) is 5.56 Å². The lowest BCUT2D eigenvalue weighted by Crippen LogP contribution is -2.13. The van der Waals surface area contributed by atoms with E-state index in [4.69, 9.17) is 5.73 Å². The molecule has 0 bridgehead atoms. The van der Waals surface area contributed by atoms with Crippen molar-refractivity contribution in [2.45, 2.75) is 12.8 Å². The molecule has 0 saturated heterocycles. The molecule has 0 spiro atoms. The van der Waals surface area contributed by atoms with Gasteiger partial charge in [-0.05, 0) is 19.0 Å². The Morgan fingerprint density at radius 3 is 2.95 bits per heavy atom. The van der Waals surface area contributed by atoms with Gasteiger partial charge in [0, 0.05) is 23.6 Å². The fraction of sp³-hybridized carbons (Fsp3) is 0.308. The summed E-state index contributed by atoms with van der Waals surface area (Å²) >= 11 is 1.33. The molecule has 2 aromatic heterocycles. The zero-order valence-corrected chi connectivity index (χ0v) is 13.6. The number of carbonyl (C=O) groups is 2. The van der Waals surface area contributed by atoms with Crippen LogP contribution in [0.3, 0.4) is 0 Å². The van der Waals surface area contributed by atoms with Crippen molar-refractivity contribution in [1.82, 2.24) is 9.97 Å². The number of anilines is 1. The predicted molar refractivity (Wildman–Crippen MR) is 87.4 cm³/mol. The number of hydrogen-bond donors (Lipinski definition) is 3. The lowest BCUT2D eigenvalue weighted by atomic mass is 10.2. The van der Waals surface area contributed by atoms with Crippen molar-refractivity contribution in [3.63, 3.8) is 0 Å². The molecule has 2 heterocycles. The van der Waals surface area contributed by atoms with E-state index in [1.807, 2.05) is 5.38 Å². The number of amides is 1. The normalized spacial score (nSPS) is 9.91. The van der Waals surface area contributed by atoms with E-state index in [1.165, 1.54) is 18.4 Å². The predicted octanol–water partition coefficient (Wildman–Crippen LogP) is 2.02. The van der Waals surface area contributed by atoms with Gasteiger partial charge in [-0.3, -0.25) is 4.79 Å². The van der Waals surface area contributed by atoms with E-state index in [-0.39, 0.29) is 18.3 Å². The van der Waals surface area contributed by atoms with Crippen molar-refractivity contribution < 1.29 is 14.3 Å². The Morgan fingerprint density at radius 2 is 2.27 bits per heavy atom. The van der Waals surface area contributed by atoms with E-state index >= 15 is 0 Å². The molecule has 0 aliphatic carbocycles. The van der Waals surface area contributed by atoms with Crippen LogP contribution in [-0.2, 0) is 9.53 Å². The number of ether oxygens (including phenoxy) is 1. The van der Waals surface area contributed by atoms with E-state index in [0.29, 0.717) is 35.9 Å².